The lowest BCUT2D eigenvalue weighted by molar-refractivity contribution is -0.115. The monoisotopic (exact) mass is 424 g/mol. The van der Waals surface area contributed by atoms with Crippen LogP contribution in [0.25, 0.3) is 0 Å². The van der Waals surface area contributed by atoms with Gasteiger partial charge >= 0.3 is 0 Å². The predicted octanol–water partition coefficient (Wildman–Crippen LogP) is 5.08. The second-order valence-electron chi connectivity index (χ2n) is 7.54. The third-order valence-corrected chi connectivity index (χ3v) is 6.96. The van der Waals surface area contributed by atoms with Crippen molar-refractivity contribution in [1.82, 2.24) is 4.98 Å². The lowest BCUT2D eigenvalue weighted by Gasteiger charge is -2.09. The van der Waals surface area contributed by atoms with Gasteiger partial charge in [0.1, 0.15) is 22.2 Å². The number of anilines is 1. The molecular formula is C22H24N4OS2. The summed E-state index contributed by atoms with van der Waals surface area (Å²) in [7, 11) is 0. The molecule has 2 aromatic heterocycles. The first-order valence-electron chi connectivity index (χ1n) is 9.89. The molecule has 0 aliphatic heterocycles. The van der Waals surface area contributed by atoms with E-state index in [9.17, 15) is 15.3 Å². The van der Waals surface area contributed by atoms with Crippen molar-refractivity contribution in [3.63, 3.8) is 0 Å². The van der Waals surface area contributed by atoms with Gasteiger partial charge in [-0.1, -0.05) is 13.8 Å². The minimum Gasteiger partial charge on any atom is -0.317 e. The van der Waals surface area contributed by atoms with Crippen LogP contribution >= 0.6 is 23.1 Å². The Morgan fingerprint density at radius 2 is 2.07 bits per heavy atom. The molecule has 0 aromatic carbocycles. The van der Waals surface area contributed by atoms with E-state index in [2.05, 4.69) is 36.3 Å². The zero-order valence-electron chi connectivity index (χ0n) is 16.7. The maximum absolute atomic E-state index is 12.4. The topological polar surface area (TPSA) is 89.6 Å². The van der Waals surface area contributed by atoms with Gasteiger partial charge in [0, 0.05) is 22.7 Å². The number of thiophene rings is 1. The molecule has 0 spiro atoms. The second-order valence-corrected chi connectivity index (χ2v) is 9.73. The molecule has 2 aromatic rings. The van der Waals surface area contributed by atoms with Crippen LogP contribution < -0.4 is 5.32 Å². The molecule has 0 saturated carbocycles. The maximum Gasteiger partial charge on any atom is 0.225 e. The molecule has 1 aliphatic carbocycles. The molecule has 0 saturated heterocycles. The Morgan fingerprint density at radius 1 is 1.28 bits per heavy atom. The van der Waals surface area contributed by atoms with Gasteiger partial charge in [-0.05, 0) is 55.7 Å². The van der Waals surface area contributed by atoms with Crippen LogP contribution in [0.5, 0.6) is 0 Å². The number of hydrogen-bond acceptors (Lipinski definition) is 6. The number of nitrogens with zero attached hydrogens (tertiary/aromatic N) is 3. The Bertz CT molecular complexity index is 982. The summed E-state index contributed by atoms with van der Waals surface area (Å²) in [5.74, 6) is 0.917. The number of rotatable bonds is 7. The number of aromatic nitrogens is 1. The number of hydrogen-bond donors (Lipinski definition) is 1. The Labute approximate surface area is 180 Å². The van der Waals surface area contributed by atoms with Crippen molar-refractivity contribution >= 4 is 34.0 Å². The van der Waals surface area contributed by atoms with Crippen LogP contribution in [0.2, 0.25) is 0 Å². The lowest BCUT2D eigenvalue weighted by atomic mass is 9.96. The van der Waals surface area contributed by atoms with Crippen molar-refractivity contribution in [2.45, 2.75) is 57.4 Å². The summed E-state index contributed by atoms with van der Waals surface area (Å²) >= 11 is 2.97. The van der Waals surface area contributed by atoms with Crippen molar-refractivity contribution in [3.8, 4) is 12.1 Å². The molecule has 29 heavy (non-hydrogen) atoms. The smallest absolute Gasteiger partial charge is 0.225 e. The standard InChI is InChI=1S/C22H24N4OS2/c1-14(2)11-16-8-7-15(12-23)21(25-16)28-10-9-20(27)26-22-18(13-24)17-5-3-4-6-19(17)29-22/h7-8,14H,3-6,9-11H2,1-2H3,(H,26,27). The number of carbonyl (C=O) groups excluding carboxylic acids is 1. The van der Waals surface area contributed by atoms with Crippen LogP contribution in [-0.4, -0.2) is 16.6 Å². The van der Waals surface area contributed by atoms with E-state index in [4.69, 9.17) is 0 Å². The first-order valence-corrected chi connectivity index (χ1v) is 11.7. The maximum atomic E-state index is 12.4. The molecule has 150 valence electrons. The van der Waals surface area contributed by atoms with Crippen molar-refractivity contribution in [2.75, 3.05) is 11.1 Å². The first kappa shape index (κ1) is 21.4. The lowest BCUT2D eigenvalue weighted by Crippen LogP contribution is -2.12. The normalized spacial score (nSPS) is 12.9. The minimum atomic E-state index is -0.107. The van der Waals surface area contributed by atoms with Gasteiger partial charge in [0.25, 0.3) is 0 Å². The Morgan fingerprint density at radius 3 is 2.79 bits per heavy atom. The van der Waals surface area contributed by atoms with E-state index < -0.39 is 0 Å². The molecule has 3 rings (SSSR count). The molecule has 1 amide bonds. The SMILES string of the molecule is CC(C)Cc1ccc(C#N)c(SCCC(=O)Nc2sc3c(c2C#N)CCCC3)n1. The first-order chi connectivity index (χ1) is 14.0. The Kier molecular flexibility index (Phi) is 7.30. The highest BCUT2D eigenvalue weighted by molar-refractivity contribution is 7.99. The van der Waals surface area contributed by atoms with Crippen LogP contribution in [0.4, 0.5) is 5.00 Å². The highest BCUT2D eigenvalue weighted by atomic mass is 32.2. The van der Waals surface area contributed by atoms with Crippen LogP contribution in [-0.2, 0) is 24.1 Å². The number of carbonyl (C=O) groups is 1. The van der Waals surface area contributed by atoms with Gasteiger partial charge in [0.2, 0.25) is 5.91 Å². The van der Waals surface area contributed by atoms with Gasteiger partial charge in [0.05, 0.1) is 11.1 Å². The van der Waals surface area contributed by atoms with Crippen LogP contribution in [0.3, 0.4) is 0 Å². The minimum absolute atomic E-state index is 0.107. The molecule has 7 heteroatoms. The summed E-state index contributed by atoms with van der Waals surface area (Å²) in [6.45, 7) is 4.27. The molecule has 0 unspecified atom stereocenters. The summed E-state index contributed by atoms with van der Waals surface area (Å²) in [4.78, 5) is 18.3. The molecule has 2 heterocycles. The molecule has 5 nitrogen and oxygen atoms in total. The summed E-state index contributed by atoms with van der Waals surface area (Å²) in [5.41, 5.74) is 3.27. The number of nitriles is 2. The van der Waals surface area contributed by atoms with Crippen molar-refractivity contribution in [2.24, 2.45) is 5.92 Å². The van der Waals surface area contributed by atoms with Gasteiger partial charge in [-0.2, -0.15) is 10.5 Å². The van der Waals surface area contributed by atoms with Crippen LogP contribution in [0, 0.1) is 28.6 Å². The zero-order chi connectivity index (χ0) is 20.8. The number of aryl methyl sites for hydroxylation is 1. The van der Waals surface area contributed by atoms with E-state index in [0.717, 1.165) is 43.4 Å². The van der Waals surface area contributed by atoms with Crippen molar-refractivity contribution < 1.29 is 4.79 Å². The number of amides is 1. The molecule has 0 radical (unpaired) electrons. The third kappa shape index (κ3) is 5.38. The van der Waals surface area contributed by atoms with Crippen LogP contribution in [0.1, 0.15) is 60.4 Å². The Hall–Kier alpha value is -2.35. The quantitative estimate of drug-likeness (QED) is 0.626. The zero-order valence-corrected chi connectivity index (χ0v) is 18.4. The molecule has 0 atom stereocenters. The molecule has 1 N–H and O–H groups in total. The molecule has 0 fully saturated rings. The van der Waals surface area contributed by atoms with Gasteiger partial charge in [-0.15, -0.1) is 23.1 Å². The number of thioether (sulfide) groups is 1. The van der Waals surface area contributed by atoms with Crippen LogP contribution in [0.15, 0.2) is 17.2 Å². The molecule has 0 bridgehead atoms. The largest absolute Gasteiger partial charge is 0.317 e. The van der Waals surface area contributed by atoms with E-state index in [-0.39, 0.29) is 5.91 Å². The summed E-state index contributed by atoms with van der Waals surface area (Å²) in [6.07, 6.45) is 5.34. The fourth-order valence-corrected chi connectivity index (χ4v) is 5.60. The van der Waals surface area contributed by atoms with E-state index in [1.54, 1.807) is 11.3 Å². The highest BCUT2D eigenvalue weighted by Gasteiger charge is 2.21. The van der Waals surface area contributed by atoms with Crippen molar-refractivity contribution in [3.05, 3.63) is 39.4 Å². The van der Waals surface area contributed by atoms with E-state index in [1.165, 1.54) is 16.6 Å². The van der Waals surface area contributed by atoms with E-state index >= 15 is 0 Å². The summed E-state index contributed by atoms with van der Waals surface area (Å²) in [5, 5.41) is 23.1. The fraction of sp³-hybridized carbons (Fsp3) is 0.455. The van der Waals surface area contributed by atoms with Gasteiger partial charge in [-0.25, -0.2) is 4.98 Å². The second kappa shape index (κ2) is 9.91. The van der Waals surface area contributed by atoms with E-state index in [0.29, 0.717) is 39.2 Å². The predicted molar refractivity (Wildman–Crippen MR) is 117 cm³/mol. The average Bonchev–Trinajstić information content (AvgIpc) is 3.04. The average molecular weight is 425 g/mol. The number of fused-ring (bicyclic) bond motifs is 1. The summed E-state index contributed by atoms with van der Waals surface area (Å²) in [6, 6.07) is 8.16. The summed E-state index contributed by atoms with van der Waals surface area (Å²) < 4.78 is 0. The molecular weight excluding hydrogens is 400 g/mol. The number of nitrogens with one attached hydrogen (secondary N) is 1. The fourth-order valence-electron chi connectivity index (χ4n) is 3.41. The highest BCUT2D eigenvalue weighted by Crippen LogP contribution is 2.37. The third-order valence-electron chi connectivity index (χ3n) is 4.76. The number of pyridine rings is 1. The van der Waals surface area contributed by atoms with Gasteiger partial charge in [0.15, 0.2) is 0 Å². The molecule has 1 aliphatic rings. The van der Waals surface area contributed by atoms with Gasteiger partial charge < -0.3 is 5.32 Å². The Balaban J connectivity index is 1.60. The van der Waals surface area contributed by atoms with E-state index in [1.807, 2.05) is 12.1 Å². The van der Waals surface area contributed by atoms with Gasteiger partial charge in [-0.3, -0.25) is 4.79 Å². The van der Waals surface area contributed by atoms with Crippen molar-refractivity contribution in [1.29, 1.82) is 10.5 Å².